The van der Waals surface area contributed by atoms with Gasteiger partial charge in [0.2, 0.25) is 0 Å². The number of hydrogen-bond donors (Lipinski definition) is 0. The standard InChI is InChI=1S/C16H14O2S2.C3H8.C2H6/c17-15(19-11-13-7-3-1-4-8-13)16(18)20-12-14-9-5-2-6-10-14;1-3-2;1-2/h1-10H,11-12H2;3H2,1-2H3;1-2H3. The molecule has 0 fully saturated rings. The normalized spacial score (nSPS) is 9.12. The molecule has 2 aromatic carbocycles. The number of benzene rings is 2. The summed E-state index contributed by atoms with van der Waals surface area (Å²) in [6, 6.07) is 19.3. The third-order valence-electron chi connectivity index (χ3n) is 2.59. The van der Waals surface area contributed by atoms with E-state index in [1.807, 2.05) is 74.5 Å². The lowest BCUT2D eigenvalue weighted by molar-refractivity contribution is -0.126. The molecule has 0 unspecified atom stereocenters. The van der Waals surface area contributed by atoms with Crippen LogP contribution < -0.4 is 0 Å². The SMILES string of the molecule is CC.CCC.O=C(SCc1ccccc1)C(=O)SCc1ccccc1. The first kappa shape index (κ1) is 23.5. The monoisotopic (exact) mass is 376 g/mol. The Labute approximate surface area is 160 Å². The van der Waals surface area contributed by atoms with E-state index in [9.17, 15) is 9.59 Å². The first-order valence-corrected chi connectivity index (χ1v) is 10.6. The highest BCUT2D eigenvalue weighted by atomic mass is 32.2. The van der Waals surface area contributed by atoms with Gasteiger partial charge in [-0.15, -0.1) is 0 Å². The molecule has 136 valence electrons. The van der Waals surface area contributed by atoms with Gasteiger partial charge in [-0.3, -0.25) is 9.59 Å². The zero-order valence-electron chi connectivity index (χ0n) is 15.5. The van der Waals surface area contributed by atoms with Crippen molar-refractivity contribution < 1.29 is 9.59 Å². The number of carbonyl (C=O) groups is 2. The van der Waals surface area contributed by atoms with E-state index in [-0.39, 0.29) is 10.2 Å². The summed E-state index contributed by atoms with van der Waals surface area (Å²) in [6.07, 6.45) is 1.25. The van der Waals surface area contributed by atoms with Crippen LogP contribution in [-0.4, -0.2) is 10.2 Å². The molecule has 2 aromatic rings. The Morgan fingerprint density at radius 3 is 1.24 bits per heavy atom. The average Bonchev–Trinajstić information content (AvgIpc) is 2.68. The summed E-state index contributed by atoms with van der Waals surface area (Å²) in [6.45, 7) is 8.25. The van der Waals surface area contributed by atoms with E-state index < -0.39 is 0 Å². The molecule has 0 atom stereocenters. The van der Waals surface area contributed by atoms with Gasteiger partial charge in [-0.1, -0.05) is 118 Å². The topological polar surface area (TPSA) is 34.1 Å². The van der Waals surface area contributed by atoms with Crippen molar-refractivity contribution in [1.29, 1.82) is 0 Å². The smallest absolute Gasteiger partial charge is 0.266 e. The van der Waals surface area contributed by atoms with Gasteiger partial charge in [-0.2, -0.15) is 0 Å². The Kier molecular flexibility index (Phi) is 15.0. The molecular weight excluding hydrogens is 348 g/mol. The maximum atomic E-state index is 11.7. The first-order chi connectivity index (χ1) is 12.2. The first-order valence-electron chi connectivity index (χ1n) is 8.59. The van der Waals surface area contributed by atoms with Crippen LogP contribution in [-0.2, 0) is 21.1 Å². The molecule has 0 saturated heterocycles. The fourth-order valence-electron chi connectivity index (χ4n) is 1.56. The molecule has 0 N–H and O–H groups in total. The van der Waals surface area contributed by atoms with E-state index in [0.29, 0.717) is 11.5 Å². The number of carbonyl (C=O) groups excluding carboxylic acids is 2. The minimum atomic E-state index is -0.380. The number of thioether (sulfide) groups is 2. The third kappa shape index (κ3) is 11.6. The van der Waals surface area contributed by atoms with E-state index in [0.717, 1.165) is 34.7 Å². The summed E-state index contributed by atoms with van der Waals surface area (Å²) in [7, 11) is 0. The maximum Gasteiger partial charge on any atom is 0.266 e. The largest absolute Gasteiger partial charge is 0.277 e. The van der Waals surface area contributed by atoms with Crippen molar-refractivity contribution in [2.24, 2.45) is 0 Å². The summed E-state index contributed by atoms with van der Waals surface area (Å²) < 4.78 is 0. The van der Waals surface area contributed by atoms with Crippen molar-refractivity contribution in [2.75, 3.05) is 0 Å². The van der Waals surface area contributed by atoms with Gasteiger partial charge in [-0.25, -0.2) is 0 Å². The molecule has 0 bridgehead atoms. The maximum absolute atomic E-state index is 11.7. The average molecular weight is 377 g/mol. The van der Waals surface area contributed by atoms with Crippen molar-refractivity contribution in [3.05, 3.63) is 71.8 Å². The predicted molar refractivity (Wildman–Crippen MR) is 113 cm³/mol. The molecule has 0 aliphatic rings. The van der Waals surface area contributed by atoms with Crippen molar-refractivity contribution in [3.63, 3.8) is 0 Å². The molecule has 0 spiro atoms. The van der Waals surface area contributed by atoms with Crippen LogP contribution in [0.3, 0.4) is 0 Å². The quantitative estimate of drug-likeness (QED) is 0.582. The van der Waals surface area contributed by atoms with Crippen LogP contribution >= 0.6 is 23.5 Å². The Balaban J connectivity index is 0.00000104. The Hall–Kier alpha value is -1.52. The second-order valence-corrected chi connectivity index (χ2v) is 6.73. The van der Waals surface area contributed by atoms with Gasteiger partial charge in [-0.05, 0) is 11.1 Å². The number of rotatable bonds is 4. The molecule has 0 amide bonds. The van der Waals surface area contributed by atoms with E-state index >= 15 is 0 Å². The molecule has 2 nitrogen and oxygen atoms in total. The predicted octanol–water partition coefficient (Wildman–Crippen LogP) is 6.35. The van der Waals surface area contributed by atoms with E-state index in [1.165, 1.54) is 6.42 Å². The fraction of sp³-hybridized carbons (Fsp3) is 0.333. The lowest BCUT2D eigenvalue weighted by atomic mass is 10.2. The molecule has 0 aliphatic carbocycles. The highest BCUT2D eigenvalue weighted by Gasteiger charge is 2.15. The molecule has 2 rings (SSSR count). The molecule has 0 aromatic heterocycles. The minimum absolute atomic E-state index is 0.380. The molecule has 0 heterocycles. The van der Waals surface area contributed by atoms with Crippen LogP contribution in [0.2, 0.25) is 0 Å². The molecular formula is C21H28O2S2. The lowest BCUT2D eigenvalue weighted by Crippen LogP contribution is -2.05. The molecule has 0 saturated carbocycles. The van der Waals surface area contributed by atoms with Crippen molar-refractivity contribution in [2.45, 2.75) is 45.6 Å². The van der Waals surface area contributed by atoms with Crippen LogP contribution in [0, 0.1) is 0 Å². The molecule has 0 aliphatic heterocycles. The van der Waals surface area contributed by atoms with Gasteiger partial charge in [0.05, 0.1) is 0 Å². The van der Waals surface area contributed by atoms with Gasteiger partial charge in [0.25, 0.3) is 10.2 Å². The minimum Gasteiger partial charge on any atom is -0.277 e. The number of hydrogen-bond acceptors (Lipinski definition) is 4. The summed E-state index contributed by atoms with van der Waals surface area (Å²) in [5, 5.41) is -0.760. The van der Waals surface area contributed by atoms with Crippen LogP contribution in [0.15, 0.2) is 60.7 Å². The summed E-state index contributed by atoms with van der Waals surface area (Å²) >= 11 is 2.13. The van der Waals surface area contributed by atoms with Crippen LogP contribution in [0.4, 0.5) is 0 Å². The second-order valence-electron chi connectivity index (χ2n) is 4.83. The van der Waals surface area contributed by atoms with Crippen molar-refractivity contribution in [3.8, 4) is 0 Å². The van der Waals surface area contributed by atoms with Crippen molar-refractivity contribution >= 4 is 33.8 Å². The van der Waals surface area contributed by atoms with E-state index in [2.05, 4.69) is 13.8 Å². The summed E-state index contributed by atoms with van der Waals surface area (Å²) in [5.74, 6) is 1.08. The van der Waals surface area contributed by atoms with Gasteiger partial charge < -0.3 is 0 Å². The molecule has 4 heteroatoms. The van der Waals surface area contributed by atoms with Crippen LogP contribution in [0.5, 0.6) is 0 Å². The van der Waals surface area contributed by atoms with Gasteiger partial charge in [0.1, 0.15) is 0 Å². The Morgan fingerprint density at radius 2 is 0.960 bits per heavy atom. The lowest BCUT2D eigenvalue weighted by Gasteiger charge is -2.01. The Morgan fingerprint density at radius 1 is 0.680 bits per heavy atom. The molecule has 25 heavy (non-hydrogen) atoms. The second kappa shape index (κ2) is 16.0. The van der Waals surface area contributed by atoms with E-state index in [1.54, 1.807) is 0 Å². The van der Waals surface area contributed by atoms with E-state index in [4.69, 9.17) is 0 Å². The van der Waals surface area contributed by atoms with Gasteiger partial charge in [0.15, 0.2) is 0 Å². The fourth-order valence-corrected chi connectivity index (χ4v) is 3.13. The zero-order chi connectivity index (χ0) is 18.9. The summed E-state index contributed by atoms with van der Waals surface area (Å²) in [5.41, 5.74) is 2.10. The van der Waals surface area contributed by atoms with Crippen LogP contribution in [0.25, 0.3) is 0 Å². The Bertz CT molecular complexity index is 530. The van der Waals surface area contributed by atoms with Gasteiger partial charge >= 0.3 is 0 Å². The third-order valence-corrected chi connectivity index (χ3v) is 4.57. The zero-order valence-corrected chi connectivity index (χ0v) is 17.2. The highest BCUT2D eigenvalue weighted by Crippen LogP contribution is 2.19. The van der Waals surface area contributed by atoms with Gasteiger partial charge in [0, 0.05) is 11.5 Å². The summed E-state index contributed by atoms with van der Waals surface area (Å²) in [4.78, 5) is 23.5. The van der Waals surface area contributed by atoms with Crippen LogP contribution in [0.1, 0.15) is 45.2 Å². The highest BCUT2D eigenvalue weighted by molar-refractivity contribution is 8.24. The molecule has 0 radical (unpaired) electrons. The van der Waals surface area contributed by atoms with Crippen molar-refractivity contribution in [1.82, 2.24) is 0 Å².